The van der Waals surface area contributed by atoms with Crippen molar-refractivity contribution in [3.05, 3.63) is 54.1 Å². The Balaban J connectivity index is 1.79. The van der Waals surface area contributed by atoms with E-state index in [-0.39, 0.29) is 5.75 Å². The lowest BCUT2D eigenvalue weighted by atomic mass is 10.0. The number of carbonyl (C=O) groups excluding carboxylic acids is 1. The van der Waals surface area contributed by atoms with Crippen LogP contribution in [0.5, 0.6) is 5.75 Å². The van der Waals surface area contributed by atoms with Crippen LogP contribution in [0, 0.1) is 0 Å². The zero-order valence-corrected chi connectivity index (χ0v) is 13.7. The zero-order valence-electron chi connectivity index (χ0n) is 13.7. The lowest BCUT2D eigenvalue weighted by molar-refractivity contribution is 0.112. The number of morpholine rings is 1. The smallest absolute Gasteiger partial charge is 0.150 e. The predicted molar refractivity (Wildman–Crippen MR) is 97.3 cm³/mol. The highest BCUT2D eigenvalue weighted by Gasteiger charge is 2.14. The summed E-state index contributed by atoms with van der Waals surface area (Å²) in [6, 6.07) is 14.6. The fourth-order valence-electron chi connectivity index (χ4n) is 3.14. The number of hydrogen-bond donors (Lipinski definition) is 1. The van der Waals surface area contributed by atoms with Gasteiger partial charge in [0.25, 0.3) is 0 Å². The molecule has 1 aliphatic heterocycles. The van der Waals surface area contributed by atoms with E-state index in [0.717, 1.165) is 54.7 Å². The molecule has 1 aliphatic rings. The van der Waals surface area contributed by atoms with Crippen LogP contribution in [-0.2, 0) is 4.74 Å². The van der Waals surface area contributed by atoms with Crippen LogP contribution < -0.4 is 4.90 Å². The van der Waals surface area contributed by atoms with Gasteiger partial charge in [0.2, 0.25) is 0 Å². The summed E-state index contributed by atoms with van der Waals surface area (Å²) in [6.45, 7) is 3.13. The highest BCUT2D eigenvalue weighted by atomic mass is 16.5. The van der Waals surface area contributed by atoms with Gasteiger partial charge in [-0.05, 0) is 48.5 Å². The monoisotopic (exact) mass is 334 g/mol. The highest BCUT2D eigenvalue weighted by Crippen LogP contribution is 2.28. The molecule has 2 heterocycles. The molecule has 1 N–H and O–H groups in total. The molecule has 0 spiro atoms. The first-order valence-electron chi connectivity index (χ1n) is 8.27. The molecule has 1 saturated heterocycles. The standard InChI is InChI=1S/C20H18N2O3/c23-13-15-11-20(14-1-4-17(24)5-2-14)21-19-6-3-16(12-18(15)19)22-7-9-25-10-8-22/h1-6,11-13,24H,7-10H2. The van der Waals surface area contributed by atoms with Gasteiger partial charge in [0.05, 0.1) is 24.4 Å². The Morgan fingerprint density at radius 1 is 1.04 bits per heavy atom. The molecule has 2 aromatic carbocycles. The van der Waals surface area contributed by atoms with Crippen LogP contribution in [0.1, 0.15) is 10.4 Å². The number of fused-ring (bicyclic) bond motifs is 1. The molecule has 3 aromatic rings. The number of phenolic OH excluding ortho intramolecular Hbond substituents is 1. The van der Waals surface area contributed by atoms with Crippen molar-refractivity contribution in [2.24, 2.45) is 0 Å². The third-order valence-corrected chi connectivity index (χ3v) is 4.49. The van der Waals surface area contributed by atoms with Crippen LogP contribution in [-0.4, -0.2) is 42.7 Å². The van der Waals surface area contributed by atoms with Gasteiger partial charge >= 0.3 is 0 Å². The van der Waals surface area contributed by atoms with Crippen LogP contribution in [0.4, 0.5) is 5.69 Å². The first-order chi connectivity index (χ1) is 12.2. The number of rotatable bonds is 3. The van der Waals surface area contributed by atoms with E-state index in [0.29, 0.717) is 11.3 Å². The summed E-state index contributed by atoms with van der Waals surface area (Å²) in [4.78, 5) is 18.6. The van der Waals surface area contributed by atoms with Gasteiger partial charge in [-0.1, -0.05) is 0 Å². The molecule has 0 bridgehead atoms. The molecular formula is C20H18N2O3. The third kappa shape index (κ3) is 3.06. The van der Waals surface area contributed by atoms with Crippen molar-refractivity contribution >= 4 is 22.9 Å². The molecule has 25 heavy (non-hydrogen) atoms. The van der Waals surface area contributed by atoms with Crippen molar-refractivity contribution in [3.8, 4) is 17.0 Å². The second-order valence-electron chi connectivity index (χ2n) is 6.06. The number of aromatic nitrogens is 1. The molecule has 1 aromatic heterocycles. The second kappa shape index (κ2) is 6.53. The minimum absolute atomic E-state index is 0.204. The molecule has 0 amide bonds. The third-order valence-electron chi connectivity index (χ3n) is 4.49. The summed E-state index contributed by atoms with van der Waals surface area (Å²) >= 11 is 0. The van der Waals surface area contributed by atoms with Gasteiger partial charge in [-0.3, -0.25) is 4.79 Å². The largest absolute Gasteiger partial charge is 0.508 e. The molecule has 5 heteroatoms. The van der Waals surface area contributed by atoms with E-state index in [1.165, 1.54) is 0 Å². The van der Waals surface area contributed by atoms with Crippen LogP contribution in [0.25, 0.3) is 22.2 Å². The van der Waals surface area contributed by atoms with Crippen LogP contribution in [0.3, 0.4) is 0 Å². The maximum Gasteiger partial charge on any atom is 0.150 e. The van der Waals surface area contributed by atoms with E-state index < -0.39 is 0 Å². The summed E-state index contributed by atoms with van der Waals surface area (Å²) < 4.78 is 5.40. The molecule has 0 aliphatic carbocycles. The van der Waals surface area contributed by atoms with Crippen LogP contribution in [0.15, 0.2) is 48.5 Å². The fraction of sp³-hybridized carbons (Fsp3) is 0.200. The highest BCUT2D eigenvalue weighted by molar-refractivity contribution is 5.99. The Bertz CT molecular complexity index is 916. The Kier molecular flexibility index (Phi) is 4.07. The first kappa shape index (κ1) is 15.6. The number of phenols is 1. The van der Waals surface area contributed by atoms with Gasteiger partial charge in [-0.15, -0.1) is 0 Å². The molecule has 5 nitrogen and oxygen atoms in total. The number of aromatic hydroxyl groups is 1. The van der Waals surface area contributed by atoms with Gasteiger partial charge in [-0.25, -0.2) is 4.98 Å². The number of benzene rings is 2. The molecule has 0 atom stereocenters. The minimum Gasteiger partial charge on any atom is -0.508 e. The molecule has 1 fully saturated rings. The number of carbonyl (C=O) groups is 1. The predicted octanol–water partition coefficient (Wildman–Crippen LogP) is 3.26. The normalized spacial score (nSPS) is 14.6. The van der Waals surface area contributed by atoms with Crippen molar-refractivity contribution in [2.45, 2.75) is 0 Å². The number of nitrogens with zero attached hydrogens (tertiary/aromatic N) is 2. The van der Waals surface area contributed by atoms with Crippen molar-refractivity contribution in [1.82, 2.24) is 4.98 Å². The van der Waals surface area contributed by atoms with Gasteiger partial charge in [0, 0.05) is 35.3 Å². The van der Waals surface area contributed by atoms with Crippen molar-refractivity contribution < 1.29 is 14.6 Å². The molecule has 0 radical (unpaired) electrons. The molecule has 0 saturated carbocycles. The molecule has 0 unspecified atom stereocenters. The average molecular weight is 334 g/mol. The Morgan fingerprint density at radius 2 is 1.80 bits per heavy atom. The summed E-state index contributed by atoms with van der Waals surface area (Å²) in [5.74, 6) is 0.204. The summed E-state index contributed by atoms with van der Waals surface area (Å²) in [5, 5.41) is 10.3. The number of hydrogen-bond acceptors (Lipinski definition) is 5. The fourth-order valence-corrected chi connectivity index (χ4v) is 3.14. The lowest BCUT2D eigenvalue weighted by Gasteiger charge is -2.29. The SMILES string of the molecule is O=Cc1cc(-c2ccc(O)cc2)nc2ccc(N3CCOCC3)cc12. The Hall–Kier alpha value is -2.92. The van der Waals surface area contributed by atoms with Gasteiger partial charge < -0.3 is 14.7 Å². The van der Waals surface area contributed by atoms with E-state index in [9.17, 15) is 9.90 Å². The van der Waals surface area contributed by atoms with E-state index in [1.54, 1.807) is 30.3 Å². The quantitative estimate of drug-likeness (QED) is 0.745. The molecular weight excluding hydrogens is 316 g/mol. The minimum atomic E-state index is 0.204. The molecule has 4 rings (SSSR count). The summed E-state index contributed by atoms with van der Waals surface area (Å²) in [7, 11) is 0. The average Bonchev–Trinajstić information content (AvgIpc) is 2.68. The first-order valence-corrected chi connectivity index (χ1v) is 8.27. The Labute approximate surface area is 145 Å². The Morgan fingerprint density at radius 3 is 2.52 bits per heavy atom. The zero-order chi connectivity index (χ0) is 17.2. The van der Waals surface area contributed by atoms with E-state index in [2.05, 4.69) is 9.88 Å². The number of ether oxygens (including phenoxy) is 1. The van der Waals surface area contributed by atoms with E-state index >= 15 is 0 Å². The maximum atomic E-state index is 11.6. The van der Waals surface area contributed by atoms with Gasteiger partial charge in [0.15, 0.2) is 6.29 Å². The number of aldehydes is 1. The summed E-state index contributed by atoms with van der Waals surface area (Å²) in [5.41, 5.74) is 4.06. The van der Waals surface area contributed by atoms with Crippen molar-refractivity contribution in [2.75, 3.05) is 31.2 Å². The second-order valence-corrected chi connectivity index (χ2v) is 6.06. The lowest BCUT2D eigenvalue weighted by Crippen LogP contribution is -2.36. The van der Waals surface area contributed by atoms with E-state index in [1.807, 2.05) is 18.2 Å². The van der Waals surface area contributed by atoms with E-state index in [4.69, 9.17) is 4.74 Å². The number of anilines is 1. The van der Waals surface area contributed by atoms with Crippen LogP contribution in [0.2, 0.25) is 0 Å². The summed E-state index contributed by atoms with van der Waals surface area (Å²) in [6.07, 6.45) is 0.872. The molecule has 126 valence electrons. The topological polar surface area (TPSA) is 62.7 Å². The van der Waals surface area contributed by atoms with Crippen LogP contribution >= 0.6 is 0 Å². The van der Waals surface area contributed by atoms with Gasteiger partial charge in [-0.2, -0.15) is 0 Å². The number of pyridine rings is 1. The maximum absolute atomic E-state index is 11.6. The van der Waals surface area contributed by atoms with Crippen molar-refractivity contribution in [3.63, 3.8) is 0 Å². The van der Waals surface area contributed by atoms with Gasteiger partial charge in [0.1, 0.15) is 5.75 Å². The van der Waals surface area contributed by atoms with Crippen molar-refractivity contribution in [1.29, 1.82) is 0 Å².